The number of hydrogen-bond donors (Lipinski definition) is 1. The van der Waals surface area contributed by atoms with E-state index in [1.54, 1.807) is 0 Å². The number of fused-ring (bicyclic) bond motifs is 1. The Morgan fingerprint density at radius 3 is 2.95 bits per heavy atom. The summed E-state index contributed by atoms with van der Waals surface area (Å²) in [4.78, 5) is 4.13. The lowest BCUT2D eigenvalue weighted by atomic mass is 10.1. The first-order valence-electron chi connectivity index (χ1n) is 7.50. The lowest BCUT2D eigenvalue weighted by Crippen LogP contribution is -2.24. The Hall–Kier alpha value is -1.32. The van der Waals surface area contributed by atoms with E-state index in [1.165, 1.54) is 41.0 Å². The van der Waals surface area contributed by atoms with Gasteiger partial charge in [-0.3, -0.25) is 4.90 Å². The van der Waals surface area contributed by atoms with Gasteiger partial charge in [-0.25, -0.2) is 0 Å². The van der Waals surface area contributed by atoms with Gasteiger partial charge in [0.05, 0.1) is 0 Å². The van der Waals surface area contributed by atoms with Gasteiger partial charge < -0.3 is 5.32 Å². The maximum absolute atomic E-state index is 3.44. The van der Waals surface area contributed by atoms with Crippen molar-refractivity contribution in [3.05, 3.63) is 51.7 Å². The summed E-state index contributed by atoms with van der Waals surface area (Å²) in [5.41, 5.74) is 4.30. The van der Waals surface area contributed by atoms with Crippen molar-refractivity contribution in [2.75, 3.05) is 11.9 Å². The van der Waals surface area contributed by atoms with Crippen LogP contribution < -0.4 is 5.32 Å². The fraction of sp³-hybridized carbons (Fsp3) is 0.412. The molecule has 3 heteroatoms. The number of benzene rings is 1. The third-order valence-corrected chi connectivity index (χ3v) is 5.13. The standard InChI is InChI=1S/C17H20N2S/c1-2-16(20-9-1)12-19(15-4-5-15)11-13-3-6-17-14(10-13)7-8-18-17/h1-3,6,9-10,15,18H,4-5,7-8,11-12H2. The Bertz CT molecular complexity index is 587. The summed E-state index contributed by atoms with van der Waals surface area (Å²) in [6, 6.07) is 12.2. The molecular formula is C17H20N2S. The van der Waals surface area contributed by atoms with Crippen LogP contribution in [0.2, 0.25) is 0 Å². The fourth-order valence-electron chi connectivity index (χ4n) is 3.05. The van der Waals surface area contributed by atoms with Crippen LogP contribution in [0.25, 0.3) is 0 Å². The van der Waals surface area contributed by atoms with E-state index in [0.717, 1.165) is 25.7 Å². The average Bonchev–Trinajstić information content (AvgIpc) is 2.99. The van der Waals surface area contributed by atoms with Crippen LogP contribution in [-0.2, 0) is 19.5 Å². The molecule has 1 aromatic heterocycles. The Balaban J connectivity index is 1.50. The van der Waals surface area contributed by atoms with E-state index in [9.17, 15) is 0 Å². The van der Waals surface area contributed by atoms with E-state index in [1.807, 2.05) is 11.3 Å². The summed E-state index contributed by atoms with van der Waals surface area (Å²) in [6.07, 6.45) is 3.92. The summed E-state index contributed by atoms with van der Waals surface area (Å²) >= 11 is 1.88. The maximum Gasteiger partial charge on any atom is 0.0373 e. The third kappa shape index (κ3) is 2.60. The lowest BCUT2D eigenvalue weighted by Gasteiger charge is -2.21. The largest absolute Gasteiger partial charge is 0.384 e. The van der Waals surface area contributed by atoms with E-state index in [4.69, 9.17) is 0 Å². The van der Waals surface area contributed by atoms with E-state index in [0.29, 0.717) is 0 Å². The van der Waals surface area contributed by atoms with Crippen LogP contribution in [0.15, 0.2) is 35.7 Å². The molecule has 1 N–H and O–H groups in total. The molecule has 0 spiro atoms. The Morgan fingerprint density at radius 2 is 2.15 bits per heavy atom. The molecule has 0 atom stereocenters. The average molecular weight is 284 g/mol. The van der Waals surface area contributed by atoms with Crippen LogP contribution in [0.5, 0.6) is 0 Å². The maximum atomic E-state index is 3.44. The zero-order chi connectivity index (χ0) is 13.4. The molecule has 1 saturated carbocycles. The summed E-state index contributed by atoms with van der Waals surface area (Å²) in [5, 5.41) is 5.62. The predicted octanol–water partition coefficient (Wildman–Crippen LogP) is 3.88. The monoisotopic (exact) mass is 284 g/mol. The molecule has 0 unspecified atom stereocenters. The minimum absolute atomic E-state index is 0.809. The van der Waals surface area contributed by atoms with Crippen molar-refractivity contribution in [3.63, 3.8) is 0 Å². The molecule has 0 bridgehead atoms. The number of anilines is 1. The molecule has 0 saturated heterocycles. The molecule has 1 fully saturated rings. The Kier molecular flexibility index (Phi) is 3.25. The molecule has 2 nitrogen and oxygen atoms in total. The minimum atomic E-state index is 0.809. The highest BCUT2D eigenvalue weighted by atomic mass is 32.1. The highest BCUT2D eigenvalue weighted by molar-refractivity contribution is 7.09. The molecule has 1 aliphatic heterocycles. The Morgan fingerprint density at radius 1 is 1.20 bits per heavy atom. The van der Waals surface area contributed by atoms with E-state index in [2.05, 4.69) is 45.9 Å². The molecular weight excluding hydrogens is 264 g/mol. The summed E-state index contributed by atoms with van der Waals surface area (Å²) < 4.78 is 0. The van der Waals surface area contributed by atoms with Gasteiger partial charge in [-0.2, -0.15) is 0 Å². The lowest BCUT2D eigenvalue weighted by molar-refractivity contribution is 0.248. The molecule has 4 rings (SSSR count). The van der Waals surface area contributed by atoms with Gasteiger partial charge >= 0.3 is 0 Å². The number of hydrogen-bond acceptors (Lipinski definition) is 3. The number of nitrogens with zero attached hydrogens (tertiary/aromatic N) is 1. The predicted molar refractivity (Wildman–Crippen MR) is 85.2 cm³/mol. The van der Waals surface area contributed by atoms with Gasteiger partial charge in [0, 0.05) is 36.2 Å². The van der Waals surface area contributed by atoms with Gasteiger partial charge in [-0.15, -0.1) is 11.3 Å². The van der Waals surface area contributed by atoms with Crippen molar-refractivity contribution in [3.8, 4) is 0 Å². The molecule has 20 heavy (non-hydrogen) atoms. The second-order valence-corrected chi connectivity index (χ2v) is 6.92. The molecule has 1 aliphatic carbocycles. The highest BCUT2D eigenvalue weighted by Gasteiger charge is 2.29. The topological polar surface area (TPSA) is 15.3 Å². The molecule has 104 valence electrons. The van der Waals surface area contributed by atoms with Gasteiger partial charge in [0.15, 0.2) is 0 Å². The second kappa shape index (κ2) is 5.23. The van der Waals surface area contributed by atoms with E-state index in [-0.39, 0.29) is 0 Å². The van der Waals surface area contributed by atoms with Crippen molar-refractivity contribution in [1.82, 2.24) is 4.90 Å². The summed E-state index contributed by atoms with van der Waals surface area (Å²) in [6.45, 7) is 3.30. The van der Waals surface area contributed by atoms with E-state index < -0.39 is 0 Å². The van der Waals surface area contributed by atoms with Crippen LogP contribution in [0.3, 0.4) is 0 Å². The zero-order valence-corrected chi connectivity index (χ0v) is 12.5. The van der Waals surface area contributed by atoms with Gasteiger partial charge in [0.2, 0.25) is 0 Å². The number of rotatable bonds is 5. The van der Waals surface area contributed by atoms with Crippen LogP contribution >= 0.6 is 11.3 Å². The van der Waals surface area contributed by atoms with Crippen LogP contribution in [0.4, 0.5) is 5.69 Å². The van der Waals surface area contributed by atoms with Gasteiger partial charge in [-0.1, -0.05) is 18.2 Å². The molecule has 2 aliphatic rings. The van der Waals surface area contributed by atoms with Crippen molar-refractivity contribution in [2.24, 2.45) is 0 Å². The zero-order valence-electron chi connectivity index (χ0n) is 11.6. The normalized spacial score (nSPS) is 17.2. The SMILES string of the molecule is c1csc(CN(Cc2ccc3c(c2)CCN3)C2CC2)c1. The van der Waals surface area contributed by atoms with Crippen LogP contribution in [0, 0.1) is 0 Å². The first-order valence-corrected chi connectivity index (χ1v) is 8.38. The minimum Gasteiger partial charge on any atom is -0.384 e. The second-order valence-electron chi connectivity index (χ2n) is 5.88. The highest BCUT2D eigenvalue weighted by Crippen LogP contribution is 2.31. The van der Waals surface area contributed by atoms with Crippen molar-refractivity contribution in [1.29, 1.82) is 0 Å². The Labute approximate surface area is 124 Å². The quantitative estimate of drug-likeness (QED) is 0.896. The number of thiophene rings is 1. The number of nitrogens with one attached hydrogen (secondary N) is 1. The molecule has 2 aromatic rings. The first kappa shape index (κ1) is 12.4. The molecule has 2 heterocycles. The summed E-state index contributed by atoms with van der Waals surface area (Å²) in [7, 11) is 0. The van der Waals surface area contributed by atoms with E-state index >= 15 is 0 Å². The van der Waals surface area contributed by atoms with Crippen molar-refractivity contribution < 1.29 is 0 Å². The fourth-order valence-corrected chi connectivity index (χ4v) is 3.78. The molecule has 0 radical (unpaired) electrons. The van der Waals surface area contributed by atoms with Crippen molar-refractivity contribution in [2.45, 2.75) is 38.4 Å². The molecule has 1 aromatic carbocycles. The molecule has 0 amide bonds. The van der Waals surface area contributed by atoms with Crippen LogP contribution in [-0.4, -0.2) is 17.5 Å². The third-order valence-electron chi connectivity index (χ3n) is 4.27. The summed E-state index contributed by atoms with van der Waals surface area (Å²) in [5.74, 6) is 0. The van der Waals surface area contributed by atoms with Gasteiger partial charge in [0.25, 0.3) is 0 Å². The first-order chi connectivity index (χ1) is 9.88. The van der Waals surface area contributed by atoms with Crippen LogP contribution in [0.1, 0.15) is 28.8 Å². The van der Waals surface area contributed by atoms with Gasteiger partial charge in [0.1, 0.15) is 0 Å². The van der Waals surface area contributed by atoms with Crippen molar-refractivity contribution >= 4 is 17.0 Å². The smallest absolute Gasteiger partial charge is 0.0373 e. The van der Waals surface area contributed by atoms with Gasteiger partial charge in [-0.05, 0) is 47.9 Å².